The molecule has 1 aliphatic heterocycles. The number of aromatic nitrogens is 2. The van der Waals surface area contributed by atoms with E-state index in [9.17, 15) is 4.79 Å². The number of nitrogens with one attached hydrogen (secondary N) is 1. The van der Waals surface area contributed by atoms with E-state index in [0.29, 0.717) is 6.54 Å². The van der Waals surface area contributed by atoms with Crippen molar-refractivity contribution in [3.63, 3.8) is 0 Å². The lowest BCUT2D eigenvalue weighted by atomic mass is 9.92. The average Bonchev–Trinajstić information content (AvgIpc) is 3.00. The first-order valence-corrected chi connectivity index (χ1v) is 7.59. The second kappa shape index (κ2) is 6.26. The summed E-state index contributed by atoms with van der Waals surface area (Å²) in [5, 5.41) is 3.03. The molecule has 0 bridgehead atoms. The molecule has 3 heterocycles. The quantitative estimate of drug-likeness (QED) is 0.937. The zero-order valence-electron chi connectivity index (χ0n) is 12.3. The highest BCUT2D eigenvalue weighted by Gasteiger charge is 2.30. The molecule has 1 aliphatic rings. The Kier molecular flexibility index (Phi) is 4.20. The Morgan fingerprint density at radius 3 is 3.29 bits per heavy atom. The van der Waals surface area contributed by atoms with Gasteiger partial charge in [-0.05, 0) is 37.0 Å². The Hall–Kier alpha value is -1.88. The lowest BCUT2D eigenvalue weighted by molar-refractivity contribution is -0.134. The van der Waals surface area contributed by atoms with E-state index in [2.05, 4.69) is 17.2 Å². The lowest BCUT2D eigenvalue weighted by Gasteiger charge is -2.30. The minimum Gasteiger partial charge on any atom is -0.377 e. The van der Waals surface area contributed by atoms with Crippen molar-refractivity contribution in [1.82, 2.24) is 14.7 Å². The second-order valence-corrected chi connectivity index (χ2v) is 5.51. The van der Waals surface area contributed by atoms with Crippen LogP contribution in [0.25, 0.3) is 5.65 Å². The summed E-state index contributed by atoms with van der Waals surface area (Å²) in [7, 11) is 0. The first-order chi connectivity index (χ1) is 10.3. The van der Waals surface area contributed by atoms with Crippen molar-refractivity contribution in [1.29, 1.82) is 0 Å². The smallest absolute Gasteiger partial charge is 0.225 e. The molecule has 21 heavy (non-hydrogen) atoms. The molecule has 1 amide bonds. The maximum atomic E-state index is 12.3. The molecule has 2 aromatic rings. The fraction of sp³-hybridized carbons (Fsp3) is 0.500. The monoisotopic (exact) mass is 287 g/mol. The van der Waals surface area contributed by atoms with Crippen molar-refractivity contribution in [2.75, 3.05) is 6.61 Å². The lowest BCUT2D eigenvalue weighted by Crippen LogP contribution is -2.41. The van der Waals surface area contributed by atoms with Gasteiger partial charge in [0.05, 0.1) is 12.0 Å². The molecular formula is C16H21N3O2. The van der Waals surface area contributed by atoms with E-state index >= 15 is 0 Å². The van der Waals surface area contributed by atoms with Crippen molar-refractivity contribution in [3.05, 3.63) is 36.3 Å². The molecule has 1 fully saturated rings. The third-order valence-electron chi connectivity index (χ3n) is 4.11. The molecule has 5 nitrogen and oxygen atoms in total. The van der Waals surface area contributed by atoms with Gasteiger partial charge >= 0.3 is 0 Å². The zero-order chi connectivity index (χ0) is 14.7. The number of amides is 1. The van der Waals surface area contributed by atoms with Gasteiger partial charge in [-0.25, -0.2) is 4.98 Å². The molecule has 1 saturated heterocycles. The van der Waals surface area contributed by atoms with Gasteiger partial charge in [-0.15, -0.1) is 0 Å². The minimum absolute atomic E-state index is 0.0149. The standard InChI is InChI=1S/C16H21N3O2/c1-2-14-13(4-3-9-21-14)16(20)18-11-12-5-7-19-8-6-17-15(19)10-12/h5-8,10,13-14H,2-4,9,11H2,1H3,(H,18,20). The molecule has 0 aromatic carbocycles. The van der Waals surface area contributed by atoms with Crippen molar-refractivity contribution in [2.24, 2.45) is 5.92 Å². The van der Waals surface area contributed by atoms with Crippen molar-refractivity contribution in [3.8, 4) is 0 Å². The second-order valence-electron chi connectivity index (χ2n) is 5.51. The van der Waals surface area contributed by atoms with Crippen LogP contribution in [-0.4, -0.2) is 28.0 Å². The Morgan fingerprint density at radius 2 is 2.43 bits per heavy atom. The van der Waals surface area contributed by atoms with Crippen LogP contribution in [0.5, 0.6) is 0 Å². The number of imidazole rings is 1. The van der Waals surface area contributed by atoms with Crippen LogP contribution in [0.15, 0.2) is 30.7 Å². The van der Waals surface area contributed by atoms with E-state index in [1.807, 2.05) is 28.9 Å². The molecule has 1 N–H and O–H groups in total. The van der Waals surface area contributed by atoms with E-state index in [1.165, 1.54) is 0 Å². The van der Waals surface area contributed by atoms with Crippen LogP contribution < -0.4 is 5.32 Å². The summed E-state index contributed by atoms with van der Waals surface area (Å²) in [6.07, 6.45) is 8.47. The van der Waals surface area contributed by atoms with Gasteiger partial charge in [-0.1, -0.05) is 6.92 Å². The highest BCUT2D eigenvalue weighted by atomic mass is 16.5. The maximum Gasteiger partial charge on any atom is 0.225 e. The van der Waals surface area contributed by atoms with E-state index < -0.39 is 0 Å². The van der Waals surface area contributed by atoms with E-state index in [1.54, 1.807) is 6.20 Å². The summed E-state index contributed by atoms with van der Waals surface area (Å²) in [6, 6.07) is 4.00. The third-order valence-corrected chi connectivity index (χ3v) is 4.11. The van der Waals surface area contributed by atoms with Gasteiger partial charge in [0.1, 0.15) is 5.65 Å². The number of carbonyl (C=O) groups excluding carboxylic acids is 1. The van der Waals surface area contributed by atoms with Crippen LogP contribution in [0.1, 0.15) is 31.7 Å². The normalized spacial score (nSPS) is 22.3. The molecule has 0 aliphatic carbocycles. The van der Waals surface area contributed by atoms with E-state index in [4.69, 9.17) is 4.74 Å². The fourth-order valence-corrected chi connectivity index (χ4v) is 2.92. The molecule has 0 radical (unpaired) electrons. The summed E-state index contributed by atoms with van der Waals surface area (Å²) < 4.78 is 7.64. The largest absolute Gasteiger partial charge is 0.377 e. The van der Waals surface area contributed by atoms with Gasteiger partial charge in [0.2, 0.25) is 5.91 Å². The van der Waals surface area contributed by atoms with Gasteiger partial charge in [-0.3, -0.25) is 4.79 Å². The number of hydrogen-bond acceptors (Lipinski definition) is 3. The van der Waals surface area contributed by atoms with Crippen LogP contribution in [0.4, 0.5) is 0 Å². The fourth-order valence-electron chi connectivity index (χ4n) is 2.92. The zero-order valence-corrected chi connectivity index (χ0v) is 12.3. The SMILES string of the molecule is CCC1OCCCC1C(=O)NCc1ccn2ccnc2c1. The van der Waals surface area contributed by atoms with Crippen LogP contribution in [0.2, 0.25) is 0 Å². The van der Waals surface area contributed by atoms with Crippen molar-refractivity contribution in [2.45, 2.75) is 38.8 Å². The van der Waals surface area contributed by atoms with Gasteiger partial charge in [0, 0.05) is 31.7 Å². The van der Waals surface area contributed by atoms with Crippen molar-refractivity contribution < 1.29 is 9.53 Å². The third kappa shape index (κ3) is 3.08. The molecule has 0 saturated carbocycles. The molecule has 2 unspecified atom stereocenters. The summed E-state index contributed by atoms with van der Waals surface area (Å²) >= 11 is 0. The first kappa shape index (κ1) is 14.1. The number of ether oxygens (including phenoxy) is 1. The highest BCUT2D eigenvalue weighted by Crippen LogP contribution is 2.23. The minimum atomic E-state index is -0.0149. The summed E-state index contributed by atoms with van der Waals surface area (Å²) in [5.74, 6) is 0.0867. The van der Waals surface area contributed by atoms with Gasteiger partial charge in [0.25, 0.3) is 0 Å². The van der Waals surface area contributed by atoms with Crippen LogP contribution in [-0.2, 0) is 16.1 Å². The van der Waals surface area contributed by atoms with Gasteiger partial charge in [0.15, 0.2) is 0 Å². The molecule has 0 spiro atoms. The number of pyridine rings is 1. The number of rotatable bonds is 4. The topological polar surface area (TPSA) is 55.6 Å². The molecule has 112 valence electrons. The summed E-state index contributed by atoms with van der Waals surface area (Å²) in [5.41, 5.74) is 1.96. The number of carbonyl (C=O) groups is 1. The van der Waals surface area contributed by atoms with Crippen LogP contribution >= 0.6 is 0 Å². The first-order valence-electron chi connectivity index (χ1n) is 7.59. The van der Waals surface area contributed by atoms with Crippen molar-refractivity contribution >= 4 is 11.6 Å². The van der Waals surface area contributed by atoms with Crippen LogP contribution in [0.3, 0.4) is 0 Å². The Morgan fingerprint density at radius 1 is 1.52 bits per heavy atom. The van der Waals surface area contributed by atoms with Crippen LogP contribution in [0, 0.1) is 5.92 Å². The number of nitrogens with zero attached hydrogens (tertiary/aromatic N) is 2. The Balaban J connectivity index is 1.61. The predicted molar refractivity (Wildman–Crippen MR) is 79.8 cm³/mol. The molecule has 5 heteroatoms. The highest BCUT2D eigenvalue weighted by molar-refractivity contribution is 5.79. The Labute approximate surface area is 124 Å². The molecule has 3 rings (SSSR count). The molecule has 2 aromatic heterocycles. The molecule has 2 atom stereocenters. The Bertz CT molecular complexity index is 623. The number of hydrogen-bond donors (Lipinski definition) is 1. The summed E-state index contributed by atoms with van der Waals surface area (Å²) in [4.78, 5) is 16.6. The van der Waals surface area contributed by atoms with E-state index in [0.717, 1.165) is 37.1 Å². The maximum absolute atomic E-state index is 12.3. The van der Waals surface area contributed by atoms with Gasteiger partial charge < -0.3 is 14.5 Å². The number of fused-ring (bicyclic) bond motifs is 1. The predicted octanol–water partition coefficient (Wildman–Crippen LogP) is 2.16. The van der Waals surface area contributed by atoms with E-state index in [-0.39, 0.29) is 17.9 Å². The summed E-state index contributed by atoms with van der Waals surface area (Å²) in [6.45, 7) is 3.39. The average molecular weight is 287 g/mol. The van der Waals surface area contributed by atoms with Gasteiger partial charge in [-0.2, -0.15) is 0 Å². The molecular weight excluding hydrogens is 266 g/mol.